The minimum absolute atomic E-state index is 0.0472. The number of carboxylic acid groups (broad SMARTS) is 1. The number of nitrogen functional groups attached to an aromatic ring is 1. The number of amides is 2. The number of anilines is 1. The molecule has 4 N–H and O–H groups in total. The fraction of sp³-hybridized carbons (Fsp3) is 0.333. The Balaban J connectivity index is 1.49. The van der Waals surface area contributed by atoms with E-state index in [0.717, 1.165) is 16.5 Å². The van der Waals surface area contributed by atoms with Crippen LogP contribution in [0.2, 0.25) is 0 Å². The van der Waals surface area contributed by atoms with Gasteiger partial charge in [-0.15, -0.1) is 23.1 Å². The van der Waals surface area contributed by atoms with Crippen molar-refractivity contribution in [3.8, 4) is 0 Å². The molecule has 12 nitrogen and oxygen atoms in total. The predicted molar refractivity (Wildman–Crippen MR) is 124 cm³/mol. The van der Waals surface area contributed by atoms with E-state index in [9.17, 15) is 19.5 Å². The number of β-lactam (4-membered cyclic amide) rings is 1. The van der Waals surface area contributed by atoms with Crippen molar-refractivity contribution in [2.75, 3.05) is 24.3 Å². The van der Waals surface area contributed by atoms with Gasteiger partial charge in [0.2, 0.25) is 0 Å². The molecule has 2 aromatic rings. The number of nitrogens with zero attached hydrogens (tertiary/aromatic N) is 5. The summed E-state index contributed by atoms with van der Waals surface area (Å²) in [6.45, 7) is 0. The molecule has 0 unspecified atom stereocenters. The van der Waals surface area contributed by atoms with Crippen LogP contribution in [-0.4, -0.2) is 78.1 Å². The molecule has 1 saturated heterocycles. The van der Waals surface area contributed by atoms with E-state index >= 15 is 0 Å². The Labute approximate surface area is 200 Å². The zero-order valence-corrected chi connectivity index (χ0v) is 19.9. The van der Waals surface area contributed by atoms with Crippen molar-refractivity contribution in [2.45, 2.75) is 16.6 Å². The molecule has 0 radical (unpaired) electrons. The molecule has 2 amide bonds. The molecule has 2 atom stereocenters. The quantitative estimate of drug-likeness (QED) is 0.195. The van der Waals surface area contributed by atoms with Crippen LogP contribution in [0.4, 0.5) is 5.13 Å². The van der Waals surface area contributed by atoms with Crippen LogP contribution in [-0.2, 0) is 26.3 Å². The summed E-state index contributed by atoms with van der Waals surface area (Å²) >= 11 is 3.91. The van der Waals surface area contributed by atoms with Gasteiger partial charge in [0.1, 0.15) is 29.9 Å². The summed E-state index contributed by atoms with van der Waals surface area (Å²) in [6, 6.07) is -0.904. The van der Waals surface area contributed by atoms with E-state index in [-0.39, 0.29) is 22.2 Å². The number of imidazole rings is 1. The highest BCUT2D eigenvalue weighted by Crippen LogP contribution is 2.41. The maximum absolute atomic E-state index is 12.9. The third-order valence-corrected chi connectivity index (χ3v) is 8.01. The zero-order chi connectivity index (χ0) is 23.7. The van der Waals surface area contributed by atoms with Gasteiger partial charge in [-0.3, -0.25) is 14.5 Å². The molecular formula is C18H19N7O5S3. The van der Waals surface area contributed by atoms with Crippen LogP contribution in [0.5, 0.6) is 0 Å². The van der Waals surface area contributed by atoms with Crippen molar-refractivity contribution >= 4 is 63.5 Å². The normalized spacial score (nSPS) is 20.4. The summed E-state index contributed by atoms with van der Waals surface area (Å²) in [7, 11) is 3.13. The second-order valence-electron chi connectivity index (χ2n) is 6.92. The van der Waals surface area contributed by atoms with Gasteiger partial charge in [-0.05, 0) is 5.57 Å². The lowest BCUT2D eigenvalue weighted by Crippen LogP contribution is -2.71. The topological polar surface area (TPSA) is 165 Å². The third kappa shape index (κ3) is 4.43. The van der Waals surface area contributed by atoms with Crippen molar-refractivity contribution in [3.63, 3.8) is 0 Å². The molecule has 0 spiro atoms. The molecule has 0 bridgehead atoms. The van der Waals surface area contributed by atoms with E-state index in [1.165, 1.54) is 35.5 Å². The highest BCUT2D eigenvalue weighted by atomic mass is 32.2. The van der Waals surface area contributed by atoms with Gasteiger partial charge in [-0.2, -0.15) is 0 Å². The van der Waals surface area contributed by atoms with Crippen LogP contribution in [0.25, 0.3) is 0 Å². The lowest BCUT2D eigenvalue weighted by Gasteiger charge is -2.49. The van der Waals surface area contributed by atoms with Crippen LogP contribution in [0.1, 0.15) is 5.69 Å². The van der Waals surface area contributed by atoms with Gasteiger partial charge in [0.15, 0.2) is 16.0 Å². The minimum Gasteiger partial charge on any atom is -0.477 e. The van der Waals surface area contributed by atoms with Gasteiger partial charge < -0.3 is 25.6 Å². The number of rotatable bonds is 8. The fourth-order valence-corrected chi connectivity index (χ4v) is 6.30. The summed E-state index contributed by atoms with van der Waals surface area (Å²) in [6.07, 6.45) is 3.46. The second kappa shape index (κ2) is 9.44. The largest absolute Gasteiger partial charge is 0.477 e. The summed E-state index contributed by atoms with van der Waals surface area (Å²) in [5, 5.41) is 18.1. The number of carboxylic acids is 1. The molecule has 174 valence electrons. The van der Waals surface area contributed by atoms with Gasteiger partial charge in [0, 0.05) is 36.3 Å². The van der Waals surface area contributed by atoms with Gasteiger partial charge in [0.25, 0.3) is 11.8 Å². The Morgan fingerprint density at radius 3 is 2.88 bits per heavy atom. The van der Waals surface area contributed by atoms with Crippen LogP contribution >= 0.6 is 34.9 Å². The number of nitrogens with two attached hydrogens (primary N) is 1. The number of hydrogen-bond donors (Lipinski definition) is 3. The van der Waals surface area contributed by atoms with Crippen LogP contribution in [0, 0.1) is 0 Å². The second-order valence-corrected chi connectivity index (χ2v) is 9.86. The van der Waals surface area contributed by atoms with Crippen molar-refractivity contribution in [2.24, 2.45) is 12.2 Å². The summed E-state index contributed by atoms with van der Waals surface area (Å²) < 4.78 is 1.83. The van der Waals surface area contributed by atoms with Gasteiger partial charge >= 0.3 is 5.97 Å². The predicted octanol–water partition coefficient (Wildman–Crippen LogP) is 0.340. The van der Waals surface area contributed by atoms with Crippen LogP contribution in [0.15, 0.2) is 39.4 Å². The number of aliphatic carboxylic acids is 1. The molecule has 1 fully saturated rings. The average Bonchev–Trinajstić information content (AvgIpc) is 3.40. The van der Waals surface area contributed by atoms with Crippen molar-refractivity contribution in [1.29, 1.82) is 0 Å². The first-order valence-electron chi connectivity index (χ1n) is 9.45. The highest BCUT2D eigenvalue weighted by Gasteiger charge is 2.54. The number of hydrogen-bond acceptors (Lipinski definition) is 11. The standard InChI is InChI=1S/C18H19N7O5S3/c1-24-4-3-20-18(24)33-6-8-5-31-15-11(14(27)25(15)12(8)16(28)29)22-13(26)10(23-30-2)9-7-32-17(19)21-9/h3-4,7,11,15H,5-6H2,1-2H3,(H2,19,21)(H,22,26)(H,28,29)/b23-10-/t11-,15-/m1/s1. The Morgan fingerprint density at radius 1 is 1.48 bits per heavy atom. The SMILES string of the molecule is CO/N=C(\C(=O)N[C@@H]1C(=O)N2C(C(=O)O)=C(CSc3nccn3C)CS[C@H]12)c1csc(N)n1. The fourth-order valence-electron chi connectivity index (χ4n) is 3.34. The van der Waals surface area contributed by atoms with Gasteiger partial charge in [-0.1, -0.05) is 16.9 Å². The molecular weight excluding hydrogens is 490 g/mol. The van der Waals surface area contributed by atoms with E-state index in [4.69, 9.17) is 10.6 Å². The van der Waals surface area contributed by atoms with Crippen molar-refractivity contribution in [3.05, 3.63) is 34.7 Å². The number of oxime groups is 1. The Bertz CT molecular complexity index is 1170. The van der Waals surface area contributed by atoms with Gasteiger partial charge in [0.05, 0.1) is 0 Å². The number of aryl methyl sites for hydroxylation is 1. The number of nitrogens with one attached hydrogen (secondary N) is 1. The molecule has 33 heavy (non-hydrogen) atoms. The maximum Gasteiger partial charge on any atom is 0.352 e. The van der Waals surface area contributed by atoms with E-state index in [2.05, 4.69) is 20.4 Å². The lowest BCUT2D eigenvalue weighted by molar-refractivity contribution is -0.150. The Morgan fingerprint density at radius 2 is 2.27 bits per heavy atom. The monoisotopic (exact) mass is 509 g/mol. The Hall–Kier alpha value is -3.04. The molecule has 2 aliphatic rings. The number of fused-ring (bicyclic) bond motifs is 1. The average molecular weight is 510 g/mol. The minimum atomic E-state index is -1.19. The number of thiazole rings is 1. The zero-order valence-electron chi connectivity index (χ0n) is 17.4. The number of carbonyl (C=O) groups is 3. The molecule has 0 aromatic carbocycles. The molecule has 4 rings (SSSR count). The first-order valence-corrected chi connectivity index (χ1v) is 12.4. The van der Waals surface area contributed by atoms with Crippen molar-refractivity contribution in [1.82, 2.24) is 24.8 Å². The molecule has 0 aliphatic carbocycles. The highest BCUT2D eigenvalue weighted by molar-refractivity contribution is 8.01. The van der Waals surface area contributed by atoms with Crippen LogP contribution < -0.4 is 11.1 Å². The first-order chi connectivity index (χ1) is 15.8. The smallest absolute Gasteiger partial charge is 0.352 e. The van der Waals surface area contributed by atoms with Gasteiger partial charge in [-0.25, -0.2) is 14.8 Å². The first kappa shape index (κ1) is 23.1. The maximum atomic E-state index is 12.9. The van der Waals surface area contributed by atoms with E-state index in [1.807, 2.05) is 11.6 Å². The molecule has 4 heterocycles. The Kier molecular flexibility index (Phi) is 6.62. The van der Waals surface area contributed by atoms with Crippen LogP contribution in [0.3, 0.4) is 0 Å². The number of aromatic nitrogens is 3. The summed E-state index contributed by atoms with van der Waals surface area (Å²) in [5.74, 6) is -1.58. The lowest BCUT2D eigenvalue weighted by atomic mass is 10.0. The molecule has 15 heteroatoms. The van der Waals surface area contributed by atoms with E-state index in [1.54, 1.807) is 17.8 Å². The van der Waals surface area contributed by atoms with E-state index in [0.29, 0.717) is 17.1 Å². The molecule has 2 aliphatic heterocycles. The van der Waals surface area contributed by atoms with E-state index < -0.39 is 29.2 Å². The third-order valence-electron chi connectivity index (χ3n) is 4.85. The summed E-state index contributed by atoms with van der Waals surface area (Å²) in [5.41, 5.74) is 6.29. The summed E-state index contributed by atoms with van der Waals surface area (Å²) in [4.78, 5) is 51.9. The number of thioether (sulfide) groups is 2. The molecule has 0 saturated carbocycles. The number of carbonyl (C=O) groups excluding carboxylic acids is 2. The molecule has 2 aromatic heterocycles. The van der Waals surface area contributed by atoms with Crippen molar-refractivity contribution < 1.29 is 24.3 Å².